The van der Waals surface area contributed by atoms with Gasteiger partial charge in [-0.2, -0.15) is 0 Å². The average Bonchev–Trinajstić information content (AvgIpc) is 2.33. The molecule has 3 N–H and O–H groups in total. The molecule has 20 heavy (non-hydrogen) atoms. The molecule has 1 atom stereocenters. The average molecular weight is 300 g/mol. The molecule has 0 aromatic heterocycles. The van der Waals surface area contributed by atoms with E-state index in [1.807, 2.05) is 32.0 Å². The summed E-state index contributed by atoms with van der Waals surface area (Å²) in [5, 5.41) is 2.80. The van der Waals surface area contributed by atoms with Crippen molar-refractivity contribution in [2.45, 2.75) is 26.8 Å². The Labute approximate surface area is 125 Å². The highest BCUT2D eigenvalue weighted by Gasteiger charge is 2.16. The molecule has 6 heteroatoms. The van der Waals surface area contributed by atoms with Gasteiger partial charge < -0.3 is 16.0 Å². The van der Waals surface area contributed by atoms with E-state index in [1.165, 1.54) is 4.90 Å². The van der Waals surface area contributed by atoms with Crippen LogP contribution in [-0.2, 0) is 9.59 Å². The van der Waals surface area contributed by atoms with Crippen LogP contribution in [0.25, 0.3) is 0 Å². The van der Waals surface area contributed by atoms with Crippen molar-refractivity contribution in [3.05, 3.63) is 29.3 Å². The second-order valence-electron chi connectivity index (χ2n) is 4.78. The van der Waals surface area contributed by atoms with Crippen molar-refractivity contribution in [1.29, 1.82) is 0 Å². The minimum absolute atomic E-state index is 0. The molecular weight excluding hydrogens is 278 g/mol. The lowest BCUT2D eigenvalue weighted by atomic mass is 10.1. The molecular formula is C14H22ClN3O2. The summed E-state index contributed by atoms with van der Waals surface area (Å²) in [7, 11) is 1.56. The Bertz CT molecular complexity index is 489. The van der Waals surface area contributed by atoms with Crippen molar-refractivity contribution in [3.8, 4) is 0 Å². The number of hydrogen-bond donors (Lipinski definition) is 2. The van der Waals surface area contributed by atoms with Crippen molar-refractivity contribution in [3.63, 3.8) is 0 Å². The SMILES string of the molecule is Cc1cccc(NC(=O)CN(C)C(=O)[C@@H](C)N)c1C.Cl. The minimum atomic E-state index is -0.599. The topological polar surface area (TPSA) is 75.4 Å². The maximum Gasteiger partial charge on any atom is 0.243 e. The van der Waals surface area contributed by atoms with Gasteiger partial charge >= 0.3 is 0 Å². The van der Waals surface area contributed by atoms with Crippen LogP contribution >= 0.6 is 12.4 Å². The molecule has 0 radical (unpaired) electrons. The Balaban J connectivity index is 0.00000361. The molecule has 0 bridgehead atoms. The highest BCUT2D eigenvalue weighted by Crippen LogP contribution is 2.17. The van der Waals surface area contributed by atoms with Gasteiger partial charge in [0.2, 0.25) is 11.8 Å². The van der Waals surface area contributed by atoms with Crippen molar-refractivity contribution >= 4 is 29.9 Å². The maximum absolute atomic E-state index is 11.9. The third kappa shape index (κ3) is 4.83. The Morgan fingerprint density at radius 1 is 1.35 bits per heavy atom. The van der Waals surface area contributed by atoms with Crippen molar-refractivity contribution < 1.29 is 9.59 Å². The number of nitrogens with two attached hydrogens (primary N) is 1. The number of nitrogens with one attached hydrogen (secondary N) is 1. The highest BCUT2D eigenvalue weighted by molar-refractivity contribution is 5.95. The first-order valence-electron chi connectivity index (χ1n) is 6.19. The van der Waals surface area contributed by atoms with Crippen LogP contribution in [0.15, 0.2) is 18.2 Å². The van der Waals surface area contributed by atoms with Crippen LogP contribution in [0.2, 0.25) is 0 Å². The Morgan fingerprint density at radius 2 is 1.95 bits per heavy atom. The first-order valence-corrected chi connectivity index (χ1v) is 6.19. The molecule has 0 fully saturated rings. The predicted octanol–water partition coefficient (Wildman–Crippen LogP) is 1.47. The molecule has 0 saturated carbocycles. The Morgan fingerprint density at radius 3 is 2.50 bits per heavy atom. The van der Waals surface area contributed by atoms with E-state index in [9.17, 15) is 9.59 Å². The lowest BCUT2D eigenvalue weighted by Gasteiger charge is -2.19. The second kappa shape index (κ2) is 7.87. The third-order valence-corrected chi connectivity index (χ3v) is 3.03. The number of anilines is 1. The third-order valence-electron chi connectivity index (χ3n) is 3.03. The van der Waals surface area contributed by atoms with Gasteiger partial charge in [0.05, 0.1) is 12.6 Å². The number of halogens is 1. The van der Waals surface area contributed by atoms with Crippen LogP contribution in [0.1, 0.15) is 18.1 Å². The molecule has 0 spiro atoms. The summed E-state index contributed by atoms with van der Waals surface area (Å²) in [4.78, 5) is 24.8. The molecule has 2 amide bonds. The lowest BCUT2D eigenvalue weighted by Crippen LogP contribution is -2.43. The quantitative estimate of drug-likeness (QED) is 0.884. The van der Waals surface area contributed by atoms with Crippen LogP contribution in [-0.4, -0.2) is 36.3 Å². The van der Waals surface area contributed by atoms with Gasteiger partial charge in [-0.25, -0.2) is 0 Å². The number of benzene rings is 1. The van der Waals surface area contributed by atoms with Crippen molar-refractivity contribution in [2.75, 3.05) is 18.9 Å². The van der Waals surface area contributed by atoms with Gasteiger partial charge in [-0.15, -0.1) is 12.4 Å². The zero-order valence-corrected chi connectivity index (χ0v) is 13.1. The fraction of sp³-hybridized carbons (Fsp3) is 0.429. The molecule has 0 heterocycles. The minimum Gasteiger partial charge on any atom is -0.335 e. The normalized spacial score (nSPS) is 11.2. The second-order valence-corrected chi connectivity index (χ2v) is 4.78. The van der Waals surface area contributed by atoms with Crippen LogP contribution < -0.4 is 11.1 Å². The summed E-state index contributed by atoms with van der Waals surface area (Å²) in [6.07, 6.45) is 0. The number of aryl methyl sites for hydroxylation is 1. The fourth-order valence-electron chi connectivity index (χ4n) is 1.72. The highest BCUT2D eigenvalue weighted by atomic mass is 35.5. The Hall–Kier alpha value is -1.59. The molecule has 112 valence electrons. The van der Waals surface area contributed by atoms with Gasteiger partial charge in [0.1, 0.15) is 0 Å². The number of amides is 2. The van der Waals surface area contributed by atoms with Gasteiger partial charge in [-0.1, -0.05) is 12.1 Å². The molecule has 0 aliphatic carbocycles. The molecule has 0 aliphatic heterocycles. The van der Waals surface area contributed by atoms with Crippen molar-refractivity contribution in [1.82, 2.24) is 4.90 Å². The summed E-state index contributed by atoms with van der Waals surface area (Å²) in [6.45, 7) is 5.52. The van der Waals surface area contributed by atoms with Crippen LogP contribution in [0, 0.1) is 13.8 Å². The van der Waals surface area contributed by atoms with E-state index in [0.717, 1.165) is 16.8 Å². The van der Waals surface area contributed by atoms with Crippen LogP contribution in [0.4, 0.5) is 5.69 Å². The molecule has 1 rings (SSSR count). The zero-order valence-electron chi connectivity index (χ0n) is 12.3. The largest absolute Gasteiger partial charge is 0.335 e. The fourth-order valence-corrected chi connectivity index (χ4v) is 1.72. The van der Waals surface area contributed by atoms with E-state index in [-0.39, 0.29) is 30.8 Å². The molecule has 1 aromatic rings. The van der Waals surface area contributed by atoms with Crippen LogP contribution in [0.3, 0.4) is 0 Å². The first-order chi connectivity index (χ1) is 8.82. The van der Waals surface area contributed by atoms with E-state index in [0.29, 0.717) is 0 Å². The number of carbonyl (C=O) groups is 2. The molecule has 1 aromatic carbocycles. The predicted molar refractivity (Wildman–Crippen MR) is 83.1 cm³/mol. The summed E-state index contributed by atoms with van der Waals surface area (Å²) in [6, 6.07) is 5.11. The van der Waals surface area contributed by atoms with E-state index < -0.39 is 6.04 Å². The van der Waals surface area contributed by atoms with Crippen molar-refractivity contribution in [2.24, 2.45) is 5.73 Å². The molecule has 0 saturated heterocycles. The monoisotopic (exact) mass is 299 g/mol. The summed E-state index contributed by atoms with van der Waals surface area (Å²) < 4.78 is 0. The number of carbonyl (C=O) groups excluding carboxylic acids is 2. The molecule has 5 nitrogen and oxygen atoms in total. The Kier molecular flexibility index (Phi) is 7.24. The lowest BCUT2D eigenvalue weighted by molar-refractivity contribution is -0.134. The number of nitrogens with zero attached hydrogens (tertiary/aromatic N) is 1. The smallest absolute Gasteiger partial charge is 0.243 e. The summed E-state index contributed by atoms with van der Waals surface area (Å²) in [5.74, 6) is -0.485. The van der Waals surface area contributed by atoms with E-state index >= 15 is 0 Å². The standard InChI is InChI=1S/C14H21N3O2.ClH/c1-9-6-5-7-12(10(9)2)16-13(18)8-17(4)14(19)11(3)15;/h5-7,11H,8,15H2,1-4H3,(H,16,18);1H/t11-;/m1./s1. The van der Waals surface area contributed by atoms with Gasteiger partial charge in [0.15, 0.2) is 0 Å². The van der Waals surface area contributed by atoms with Gasteiger partial charge in [0.25, 0.3) is 0 Å². The molecule has 0 aliphatic rings. The number of hydrogen-bond acceptors (Lipinski definition) is 3. The van der Waals surface area contributed by atoms with E-state index in [4.69, 9.17) is 5.73 Å². The summed E-state index contributed by atoms with van der Waals surface area (Å²) in [5.41, 5.74) is 8.39. The number of likely N-dealkylation sites (N-methyl/N-ethyl adjacent to an activating group) is 1. The first kappa shape index (κ1) is 18.4. The van der Waals surface area contributed by atoms with E-state index in [2.05, 4.69) is 5.32 Å². The van der Waals surface area contributed by atoms with E-state index in [1.54, 1.807) is 14.0 Å². The van der Waals surface area contributed by atoms with Crippen LogP contribution in [0.5, 0.6) is 0 Å². The molecule has 0 unspecified atom stereocenters. The van der Waals surface area contributed by atoms with Gasteiger partial charge in [-0.3, -0.25) is 9.59 Å². The maximum atomic E-state index is 11.9. The number of rotatable bonds is 4. The zero-order chi connectivity index (χ0) is 14.6. The van der Waals surface area contributed by atoms with Gasteiger partial charge in [0, 0.05) is 12.7 Å². The summed E-state index contributed by atoms with van der Waals surface area (Å²) >= 11 is 0. The van der Waals surface area contributed by atoms with Gasteiger partial charge in [-0.05, 0) is 38.0 Å².